The molecule has 1 aliphatic carbocycles. The topological polar surface area (TPSA) is 46.8 Å². The van der Waals surface area contributed by atoms with Crippen LogP contribution in [0, 0.1) is 0 Å². The monoisotopic (exact) mass is 641 g/mol. The molecule has 0 spiro atoms. The van der Waals surface area contributed by atoms with Crippen LogP contribution in [0.3, 0.4) is 0 Å². The van der Waals surface area contributed by atoms with Crippen LogP contribution < -0.4 is 4.90 Å². The first-order valence-corrected chi connectivity index (χ1v) is 17.0. The Labute approximate surface area is 290 Å². The fourth-order valence-electron chi connectivity index (χ4n) is 7.68. The van der Waals surface area contributed by atoms with Crippen LogP contribution in [0.5, 0.6) is 0 Å². The lowest BCUT2D eigenvalue weighted by molar-refractivity contribution is 0.728. The Balaban J connectivity index is 1.15. The minimum absolute atomic E-state index is 0.0842. The van der Waals surface area contributed by atoms with Crippen molar-refractivity contribution in [2.45, 2.75) is 12.0 Å². The van der Waals surface area contributed by atoms with Gasteiger partial charge in [0.15, 0.2) is 11.6 Å². The van der Waals surface area contributed by atoms with Crippen molar-refractivity contribution in [2.24, 2.45) is 0 Å². The molecule has 50 heavy (non-hydrogen) atoms. The van der Waals surface area contributed by atoms with E-state index in [1.165, 1.54) is 27.5 Å². The van der Waals surface area contributed by atoms with Crippen LogP contribution >= 0.6 is 0 Å². The van der Waals surface area contributed by atoms with Gasteiger partial charge >= 0.3 is 0 Å². The molecule has 0 radical (unpaired) electrons. The van der Waals surface area contributed by atoms with Crippen molar-refractivity contribution in [1.29, 1.82) is 0 Å². The number of aromatic nitrogens is 4. The highest BCUT2D eigenvalue weighted by Crippen LogP contribution is 2.47. The molecule has 3 heterocycles. The van der Waals surface area contributed by atoms with E-state index < -0.39 is 0 Å². The Morgan fingerprint density at radius 2 is 1.14 bits per heavy atom. The van der Waals surface area contributed by atoms with Gasteiger partial charge in [-0.3, -0.25) is 0 Å². The van der Waals surface area contributed by atoms with Crippen LogP contribution in [0.15, 0.2) is 176 Å². The van der Waals surface area contributed by atoms with Gasteiger partial charge in [-0.2, -0.15) is 9.97 Å². The van der Waals surface area contributed by atoms with Crippen LogP contribution in [0.4, 0.5) is 11.6 Å². The molecule has 0 bridgehead atoms. The van der Waals surface area contributed by atoms with E-state index in [0.29, 0.717) is 17.6 Å². The summed E-state index contributed by atoms with van der Waals surface area (Å²) in [7, 11) is 0. The molecule has 2 aromatic heterocycles. The van der Waals surface area contributed by atoms with Crippen molar-refractivity contribution in [3.8, 4) is 39.6 Å². The van der Waals surface area contributed by atoms with Gasteiger partial charge < -0.3 is 9.47 Å². The van der Waals surface area contributed by atoms with Gasteiger partial charge in [0, 0.05) is 39.2 Å². The molecule has 8 aromatic rings. The fraction of sp³-hybridized carbons (Fsp3) is 0.0444. The number of hydrogen-bond acceptors (Lipinski definition) is 4. The van der Waals surface area contributed by atoms with E-state index in [4.69, 9.17) is 15.0 Å². The van der Waals surface area contributed by atoms with Gasteiger partial charge in [-0.25, -0.2) is 4.98 Å². The molecule has 6 aromatic carbocycles. The molecule has 2 unspecified atom stereocenters. The SMILES string of the molecule is C1=CC2c3ccccc3N(c3nc(-c4ccccc4)nc(-c4cccc(-n5c6ccccc6c6cc(-c7ccccc7)ccc65)c4)n3)C2C=C1. The molecule has 0 saturated heterocycles. The summed E-state index contributed by atoms with van der Waals surface area (Å²) < 4.78 is 2.35. The highest BCUT2D eigenvalue weighted by molar-refractivity contribution is 6.10. The molecule has 2 atom stereocenters. The molecule has 0 amide bonds. The van der Waals surface area contributed by atoms with E-state index in [2.05, 4.69) is 167 Å². The first kappa shape index (κ1) is 28.4. The smallest absolute Gasteiger partial charge is 0.234 e. The van der Waals surface area contributed by atoms with Crippen LogP contribution in [-0.4, -0.2) is 25.6 Å². The summed E-state index contributed by atoms with van der Waals surface area (Å²) in [5.41, 5.74) is 10.1. The number of para-hydroxylation sites is 2. The molecule has 2 aliphatic rings. The first-order valence-electron chi connectivity index (χ1n) is 17.0. The lowest BCUT2D eigenvalue weighted by Crippen LogP contribution is -2.30. The second-order valence-electron chi connectivity index (χ2n) is 12.9. The van der Waals surface area contributed by atoms with Crippen LogP contribution in [0.25, 0.3) is 61.4 Å². The highest BCUT2D eigenvalue weighted by atomic mass is 15.3. The normalized spacial score (nSPS) is 16.2. The number of anilines is 2. The number of benzene rings is 6. The van der Waals surface area contributed by atoms with Gasteiger partial charge in [-0.15, -0.1) is 0 Å². The van der Waals surface area contributed by atoms with Crippen molar-refractivity contribution in [2.75, 3.05) is 4.90 Å². The third-order valence-electron chi connectivity index (χ3n) is 9.97. The number of rotatable bonds is 5. The first-order chi connectivity index (χ1) is 24.8. The molecule has 1 aliphatic heterocycles. The third-order valence-corrected chi connectivity index (χ3v) is 9.97. The minimum atomic E-state index is 0.0842. The van der Waals surface area contributed by atoms with Crippen LogP contribution in [0.2, 0.25) is 0 Å². The van der Waals surface area contributed by atoms with E-state index in [-0.39, 0.29) is 12.0 Å². The fourth-order valence-corrected chi connectivity index (χ4v) is 7.68. The van der Waals surface area contributed by atoms with E-state index in [1.54, 1.807) is 0 Å². The van der Waals surface area contributed by atoms with Crippen LogP contribution in [0.1, 0.15) is 11.5 Å². The Morgan fingerprint density at radius 1 is 0.460 bits per heavy atom. The van der Waals surface area contributed by atoms with Crippen molar-refractivity contribution in [3.63, 3.8) is 0 Å². The van der Waals surface area contributed by atoms with Gasteiger partial charge in [0.25, 0.3) is 0 Å². The molecule has 5 nitrogen and oxygen atoms in total. The van der Waals surface area contributed by atoms with E-state index in [0.717, 1.165) is 33.5 Å². The number of allylic oxidation sites excluding steroid dienone is 2. The zero-order chi connectivity index (χ0) is 33.0. The molecular formula is C45H31N5. The summed E-state index contributed by atoms with van der Waals surface area (Å²) in [5, 5.41) is 2.44. The number of nitrogens with zero attached hydrogens (tertiary/aromatic N) is 5. The highest BCUT2D eigenvalue weighted by Gasteiger charge is 2.38. The van der Waals surface area contributed by atoms with Crippen LogP contribution in [-0.2, 0) is 0 Å². The van der Waals surface area contributed by atoms with E-state index >= 15 is 0 Å². The number of hydrogen-bond donors (Lipinski definition) is 0. The maximum atomic E-state index is 5.23. The average Bonchev–Trinajstić information content (AvgIpc) is 3.71. The van der Waals surface area contributed by atoms with Gasteiger partial charge in [0.05, 0.1) is 17.1 Å². The summed E-state index contributed by atoms with van der Waals surface area (Å²) in [6.07, 6.45) is 8.79. The molecule has 0 fully saturated rings. The maximum Gasteiger partial charge on any atom is 0.234 e. The van der Waals surface area contributed by atoms with E-state index in [1.807, 2.05) is 18.2 Å². The third kappa shape index (κ3) is 4.59. The zero-order valence-electron chi connectivity index (χ0n) is 27.1. The molecule has 10 rings (SSSR count). The van der Waals surface area contributed by atoms with Gasteiger partial charge in [-0.1, -0.05) is 140 Å². The second-order valence-corrected chi connectivity index (χ2v) is 12.9. The van der Waals surface area contributed by atoms with Crippen molar-refractivity contribution in [3.05, 3.63) is 182 Å². The summed E-state index contributed by atoms with van der Waals surface area (Å²) in [6, 6.07) is 53.4. The summed E-state index contributed by atoms with van der Waals surface area (Å²) in [4.78, 5) is 17.7. The maximum absolute atomic E-state index is 5.23. The predicted octanol–water partition coefficient (Wildman–Crippen LogP) is 10.7. The largest absolute Gasteiger partial charge is 0.309 e. The summed E-state index contributed by atoms with van der Waals surface area (Å²) in [5.74, 6) is 2.17. The van der Waals surface area contributed by atoms with Crippen molar-refractivity contribution >= 4 is 33.4 Å². The lowest BCUT2D eigenvalue weighted by atomic mass is 9.92. The Bertz CT molecular complexity index is 2620. The quantitative estimate of drug-likeness (QED) is 0.188. The molecule has 236 valence electrons. The summed E-state index contributed by atoms with van der Waals surface area (Å²) >= 11 is 0. The minimum Gasteiger partial charge on any atom is -0.309 e. The molecular weight excluding hydrogens is 611 g/mol. The Kier molecular flexibility index (Phi) is 6.56. The predicted molar refractivity (Wildman–Crippen MR) is 204 cm³/mol. The second kappa shape index (κ2) is 11.5. The standard InChI is InChI=1S/C45H31N5/c1-3-14-30(15-4-1)32-26-27-42-38(29-32)37-22-9-10-23-39(37)49(42)34-19-13-18-33(28-34)44-46-43(31-16-5-2-6-17-31)47-45(48-44)50-40-24-11-7-20-35(40)36-21-8-12-25-41(36)50/h1-29,35,40H. The summed E-state index contributed by atoms with van der Waals surface area (Å²) in [6.45, 7) is 0. The lowest BCUT2D eigenvalue weighted by Gasteiger charge is -2.27. The van der Waals surface area contributed by atoms with Gasteiger partial charge in [-0.05, 0) is 53.1 Å². The van der Waals surface area contributed by atoms with Gasteiger partial charge in [0.1, 0.15) is 0 Å². The molecule has 0 N–H and O–H groups in total. The van der Waals surface area contributed by atoms with Gasteiger partial charge in [0.2, 0.25) is 5.95 Å². The van der Waals surface area contributed by atoms with Crippen molar-refractivity contribution in [1.82, 2.24) is 19.5 Å². The Hall–Kier alpha value is -6.59. The van der Waals surface area contributed by atoms with Crippen molar-refractivity contribution < 1.29 is 0 Å². The average molecular weight is 642 g/mol. The van der Waals surface area contributed by atoms with E-state index in [9.17, 15) is 0 Å². The zero-order valence-corrected chi connectivity index (χ0v) is 27.1. The molecule has 5 heteroatoms. The Morgan fingerprint density at radius 3 is 2.00 bits per heavy atom. The molecule has 0 saturated carbocycles. The number of fused-ring (bicyclic) bond motifs is 6.